The molecule has 1 heterocycles. The van der Waals surface area contributed by atoms with Crippen molar-refractivity contribution in [3.8, 4) is 0 Å². The predicted octanol–water partition coefficient (Wildman–Crippen LogP) is 3.32. The molecular formula is C34H41F4N5O6. The summed E-state index contributed by atoms with van der Waals surface area (Å²) in [6.45, 7) is 3.59. The molecule has 49 heavy (non-hydrogen) atoms. The third kappa shape index (κ3) is 12.5. The summed E-state index contributed by atoms with van der Waals surface area (Å²) in [6.07, 6.45) is -1.26. The molecule has 0 bridgehead atoms. The van der Waals surface area contributed by atoms with Gasteiger partial charge in [0, 0.05) is 19.0 Å². The van der Waals surface area contributed by atoms with Crippen molar-refractivity contribution >= 4 is 29.7 Å². The minimum absolute atomic E-state index is 0.0721. The van der Waals surface area contributed by atoms with Gasteiger partial charge in [-0.2, -0.15) is 13.2 Å². The Kier molecular flexibility index (Phi) is 14.1. The summed E-state index contributed by atoms with van der Waals surface area (Å²) in [4.78, 5) is 64.9. The lowest BCUT2D eigenvalue weighted by molar-refractivity contribution is -0.144. The molecule has 0 radical (unpaired) electrons. The van der Waals surface area contributed by atoms with Crippen molar-refractivity contribution in [2.45, 2.75) is 76.3 Å². The van der Waals surface area contributed by atoms with Crippen LogP contribution in [-0.2, 0) is 42.9 Å². The van der Waals surface area contributed by atoms with Gasteiger partial charge in [0.15, 0.2) is 0 Å². The quantitative estimate of drug-likeness (QED) is 0.190. The first kappa shape index (κ1) is 38.5. The van der Waals surface area contributed by atoms with E-state index < -0.39 is 71.5 Å². The summed E-state index contributed by atoms with van der Waals surface area (Å²) in [5.41, 5.74) is -0.351. The predicted molar refractivity (Wildman–Crippen MR) is 171 cm³/mol. The number of alkyl halides is 3. The van der Waals surface area contributed by atoms with Gasteiger partial charge in [-0.15, -0.1) is 0 Å². The Morgan fingerprint density at radius 2 is 1.71 bits per heavy atom. The van der Waals surface area contributed by atoms with Crippen molar-refractivity contribution in [3.63, 3.8) is 0 Å². The molecule has 4 atom stereocenters. The molecule has 0 saturated carbocycles. The van der Waals surface area contributed by atoms with Gasteiger partial charge in [-0.1, -0.05) is 50.3 Å². The van der Waals surface area contributed by atoms with Gasteiger partial charge in [0.1, 0.15) is 23.9 Å². The average molecular weight is 692 g/mol. The van der Waals surface area contributed by atoms with Crippen LogP contribution < -0.4 is 26.6 Å². The van der Waals surface area contributed by atoms with Crippen LogP contribution >= 0.6 is 0 Å². The van der Waals surface area contributed by atoms with Crippen LogP contribution in [0.2, 0.25) is 0 Å². The molecule has 1 aliphatic heterocycles. The van der Waals surface area contributed by atoms with Crippen LogP contribution in [0.25, 0.3) is 0 Å². The van der Waals surface area contributed by atoms with Gasteiger partial charge in [-0.05, 0) is 60.9 Å². The molecule has 0 aliphatic carbocycles. The zero-order valence-electron chi connectivity index (χ0n) is 27.4. The van der Waals surface area contributed by atoms with E-state index in [0.717, 1.165) is 19.2 Å². The van der Waals surface area contributed by atoms with Crippen molar-refractivity contribution in [1.82, 2.24) is 26.6 Å². The number of halogens is 4. The van der Waals surface area contributed by atoms with E-state index in [0.29, 0.717) is 18.4 Å². The summed E-state index contributed by atoms with van der Waals surface area (Å²) < 4.78 is 59.0. The topological polar surface area (TPSA) is 155 Å². The highest BCUT2D eigenvalue weighted by Crippen LogP contribution is 2.29. The monoisotopic (exact) mass is 691 g/mol. The summed E-state index contributed by atoms with van der Waals surface area (Å²) in [5.74, 6) is -3.52. The number of urea groups is 1. The Bertz CT molecular complexity index is 1520. The van der Waals surface area contributed by atoms with E-state index in [4.69, 9.17) is 4.74 Å². The lowest BCUT2D eigenvalue weighted by Gasteiger charge is -2.26. The van der Waals surface area contributed by atoms with Crippen LogP contribution in [0.5, 0.6) is 0 Å². The first-order valence-electron chi connectivity index (χ1n) is 15.8. The third-order valence-electron chi connectivity index (χ3n) is 7.73. The number of carbonyl (C=O) groups is 5. The van der Waals surface area contributed by atoms with E-state index in [1.165, 1.54) is 42.5 Å². The van der Waals surface area contributed by atoms with Gasteiger partial charge >= 0.3 is 18.2 Å². The van der Waals surface area contributed by atoms with E-state index in [1.807, 2.05) is 0 Å². The largest absolute Gasteiger partial charge is 0.467 e. The molecule has 266 valence electrons. The molecule has 0 fully saturated rings. The fourth-order valence-corrected chi connectivity index (χ4v) is 5.14. The van der Waals surface area contributed by atoms with Crippen molar-refractivity contribution in [1.29, 1.82) is 0 Å². The normalized spacial score (nSPS) is 19.2. The molecule has 11 nitrogen and oxygen atoms in total. The SMILES string of the molecule is COC(=O)C(NC(=O)NC(Cc1cccc(C(F)(F)F)c1)C(=O)NC1CCCCNC(=O)/C=C/[C@H](Cc2cccc(F)c2)NC1=O)C(C)C. The van der Waals surface area contributed by atoms with Crippen LogP contribution in [0.1, 0.15) is 49.8 Å². The number of methoxy groups -OCH3 is 1. The number of carbonyl (C=O) groups excluding carboxylic acids is 5. The van der Waals surface area contributed by atoms with Crippen molar-refractivity contribution < 1.29 is 46.3 Å². The van der Waals surface area contributed by atoms with Crippen LogP contribution in [0.15, 0.2) is 60.7 Å². The van der Waals surface area contributed by atoms with Gasteiger partial charge in [-0.25, -0.2) is 14.0 Å². The summed E-state index contributed by atoms with van der Waals surface area (Å²) in [7, 11) is 1.14. The molecule has 2 aromatic rings. The van der Waals surface area contributed by atoms with Crippen LogP contribution in [0.4, 0.5) is 22.4 Å². The standard InChI is InChI=1S/C34H41F4N5O6/c1-20(2)29(32(47)49-3)43-33(48)42-27(19-21-8-6-10-23(16-21)34(36,37)38)31(46)41-26-12-4-5-15-39-28(44)14-13-25(40-30(26)45)18-22-9-7-11-24(35)17-22/h6-11,13-14,16-17,20,25-27,29H,4-5,12,15,18-19H2,1-3H3,(H,39,44)(H,40,45)(H,41,46)(H2,42,43,48)/b14-13+/t25-,26?,27?,29?/m1/s1. The van der Waals surface area contributed by atoms with Crippen molar-refractivity contribution in [2.24, 2.45) is 5.92 Å². The van der Waals surface area contributed by atoms with Gasteiger partial charge in [0.2, 0.25) is 17.7 Å². The number of rotatable bonds is 10. The zero-order chi connectivity index (χ0) is 36.1. The number of hydrogen-bond acceptors (Lipinski definition) is 6. The second kappa shape index (κ2) is 18.0. The van der Waals surface area contributed by atoms with E-state index in [9.17, 15) is 41.5 Å². The molecule has 3 unspecified atom stereocenters. The fourth-order valence-electron chi connectivity index (χ4n) is 5.14. The van der Waals surface area contributed by atoms with Gasteiger partial charge < -0.3 is 31.3 Å². The molecule has 5 N–H and O–H groups in total. The van der Waals surface area contributed by atoms with E-state index in [2.05, 4.69) is 26.6 Å². The molecule has 0 saturated heterocycles. The van der Waals surface area contributed by atoms with Gasteiger partial charge in [0.25, 0.3) is 0 Å². The molecule has 15 heteroatoms. The Labute approximate surface area is 281 Å². The lowest BCUT2D eigenvalue weighted by Crippen LogP contribution is -2.58. The maximum absolute atomic E-state index is 13.9. The second-order valence-electron chi connectivity index (χ2n) is 12.0. The van der Waals surface area contributed by atoms with Crippen molar-refractivity contribution in [2.75, 3.05) is 13.7 Å². The Hall–Kier alpha value is -4.95. The van der Waals surface area contributed by atoms with Crippen LogP contribution in [0, 0.1) is 11.7 Å². The minimum atomic E-state index is -4.66. The Morgan fingerprint density at radius 1 is 1.00 bits per heavy atom. The molecule has 5 amide bonds. The smallest absolute Gasteiger partial charge is 0.416 e. The highest BCUT2D eigenvalue weighted by molar-refractivity contribution is 5.93. The molecular weight excluding hydrogens is 650 g/mol. The van der Waals surface area contributed by atoms with Crippen LogP contribution in [0.3, 0.4) is 0 Å². The number of nitrogens with one attached hydrogen (secondary N) is 5. The summed E-state index contributed by atoms with van der Waals surface area (Å²) in [6, 6.07) is 4.49. The zero-order valence-corrected chi connectivity index (χ0v) is 27.4. The number of ether oxygens (including phenoxy) is 1. The molecule has 1 aliphatic rings. The fraction of sp³-hybridized carbons (Fsp3) is 0.441. The first-order valence-corrected chi connectivity index (χ1v) is 15.8. The Balaban J connectivity index is 1.88. The molecule has 2 aromatic carbocycles. The minimum Gasteiger partial charge on any atom is -0.467 e. The summed E-state index contributed by atoms with van der Waals surface area (Å²) in [5, 5.41) is 13.0. The van der Waals surface area contributed by atoms with E-state index >= 15 is 0 Å². The first-order chi connectivity index (χ1) is 23.2. The van der Waals surface area contributed by atoms with Gasteiger partial charge in [-0.3, -0.25) is 14.4 Å². The lowest BCUT2D eigenvalue weighted by atomic mass is 10.0. The molecule has 0 spiro atoms. The van der Waals surface area contributed by atoms with Gasteiger partial charge in [0.05, 0.1) is 18.7 Å². The number of esters is 1. The molecule has 3 rings (SSSR count). The summed E-state index contributed by atoms with van der Waals surface area (Å²) >= 11 is 0. The maximum atomic E-state index is 13.9. The number of amides is 5. The Morgan fingerprint density at radius 3 is 2.39 bits per heavy atom. The maximum Gasteiger partial charge on any atom is 0.416 e. The third-order valence-corrected chi connectivity index (χ3v) is 7.73. The second-order valence-corrected chi connectivity index (χ2v) is 12.0. The number of benzene rings is 2. The van der Waals surface area contributed by atoms with E-state index in [-0.39, 0.29) is 37.3 Å². The highest BCUT2D eigenvalue weighted by Gasteiger charge is 2.33. The highest BCUT2D eigenvalue weighted by atomic mass is 19.4. The van der Waals surface area contributed by atoms with E-state index in [1.54, 1.807) is 19.9 Å². The van der Waals surface area contributed by atoms with Crippen molar-refractivity contribution in [3.05, 3.63) is 83.2 Å². The molecule has 0 aromatic heterocycles. The number of hydrogen-bond donors (Lipinski definition) is 5. The van der Waals surface area contributed by atoms with Crippen LogP contribution in [-0.4, -0.2) is 67.5 Å². The average Bonchev–Trinajstić information content (AvgIpc) is 3.03.